The van der Waals surface area contributed by atoms with E-state index in [-0.39, 0.29) is 22.8 Å². The van der Waals surface area contributed by atoms with Crippen LogP contribution in [0.2, 0.25) is 0 Å². The number of fused-ring (bicyclic) bond motifs is 1. The fourth-order valence-corrected chi connectivity index (χ4v) is 8.79. The van der Waals surface area contributed by atoms with E-state index in [1.165, 1.54) is 0 Å². The molecule has 2 aliphatic heterocycles. The molecule has 0 amide bonds. The standard InChI is InChI=1S/C38H50N6O6S/c1-25(2)32(37-40-42-43-41-37)22-29-23-33(27-9-12-30(48-5)13-10-27)36(24-39-29)50-38(51(45,46)31-14-7-26(3)8-15-31)28-11-16-35-34(21-28)44(18-20-49-35)17-6-19-47-4/h7-16,21,25,29,32-33,36,38-39H,6,17-20,22-24H2,1-5H3,(H,40,41,42,43)/t29-,32-,33+,36-,38?/m0/s1. The minimum Gasteiger partial charge on any atom is -0.497 e. The predicted octanol–water partition coefficient (Wildman–Crippen LogP) is 5.59. The number of ether oxygens (including phenoxy) is 4. The molecule has 5 atom stereocenters. The first-order valence-electron chi connectivity index (χ1n) is 17.8. The lowest BCUT2D eigenvalue weighted by atomic mass is 9.79. The van der Waals surface area contributed by atoms with Crippen LogP contribution in [0, 0.1) is 12.8 Å². The van der Waals surface area contributed by atoms with Gasteiger partial charge in [-0.25, -0.2) is 13.5 Å². The molecular weight excluding hydrogens is 669 g/mol. The maximum Gasteiger partial charge on any atom is 0.209 e. The van der Waals surface area contributed by atoms with Gasteiger partial charge in [0.25, 0.3) is 0 Å². The second kappa shape index (κ2) is 16.5. The van der Waals surface area contributed by atoms with Gasteiger partial charge in [-0.2, -0.15) is 0 Å². The summed E-state index contributed by atoms with van der Waals surface area (Å²) in [6, 6.07) is 20.7. The molecule has 4 aromatic rings. The Morgan fingerprint density at radius 1 is 1.04 bits per heavy atom. The average Bonchev–Trinajstić information content (AvgIpc) is 3.68. The second-order valence-electron chi connectivity index (χ2n) is 13.9. The first-order valence-corrected chi connectivity index (χ1v) is 19.3. The lowest BCUT2D eigenvalue weighted by Crippen LogP contribution is -2.48. The number of tetrazole rings is 1. The summed E-state index contributed by atoms with van der Waals surface area (Å²) in [6.07, 6.45) is 1.91. The Morgan fingerprint density at radius 3 is 2.51 bits per heavy atom. The Balaban J connectivity index is 1.36. The van der Waals surface area contributed by atoms with Crippen LogP contribution >= 0.6 is 0 Å². The van der Waals surface area contributed by atoms with Crippen molar-refractivity contribution >= 4 is 15.5 Å². The molecule has 51 heavy (non-hydrogen) atoms. The Bertz CT molecular complexity index is 1800. The van der Waals surface area contributed by atoms with Gasteiger partial charge in [0.15, 0.2) is 11.3 Å². The number of methoxy groups -OCH3 is 2. The van der Waals surface area contributed by atoms with E-state index in [1.807, 2.05) is 49.4 Å². The molecule has 12 nitrogen and oxygen atoms in total. The van der Waals surface area contributed by atoms with Gasteiger partial charge in [-0.15, -0.1) is 5.10 Å². The summed E-state index contributed by atoms with van der Waals surface area (Å²) >= 11 is 0. The minimum absolute atomic E-state index is 0.106. The van der Waals surface area contributed by atoms with E-state index in [4.69, 9.17) is 18.9 Å². The number of aromatic amines is 1. The van der Waals surface area contributed by atoms with Crippen LogP contribution in [-0.4, -0.2) is 88.3 Å². The third-order valence-corrected chi connectivity index (χ3v) is 12.0. The van der Waals surface area contributed by atoms with Crippen molar-refractivity contribution in [1.82, 2.24) is 25.9 Å². The molecule has 6 rings (SSSR count). The van der Waals surface area contributed by atoms with Crippen LogP contribution in [-0.2, 0) is 19.3 Å². The normalized spacial score (nSPS) is 20.4. The summed E-state index contributed by atoms with van der Waals surface area (Å²) in [5.41, 5.74) is 2.19. The number of hydrogen-bond donors (Lipinski definition) is 2. The maximum atomic E-state index is 14.7. The number of aryl methyl sites for hydroxylation is 1. The van der Waals surface area contributed by atoms with Crippen molar-refractivity contribution in [2.45, 2.75) is 74.3 Å². The summed E-state index contributed by atoms with van der Waals surface area (Å²) < 4.78 is 53.1. The van der Waals surface area contributed by atoms with Crippen molar-refractivity contribution in [2.75, 3.05) is 52.0 Å². The van der Waals surface area contributed by atoms with E-state index in [2.05, 4.69) is 56.8 Å². The quantitative estimate of drug-likeness (QED) is 0.149. The third-order valence-electron chi connectivity index (χ3n) is 10.1. The molecule has 1 unspecified atom stereocenters. The Morgan fingerprint density at radius 2 is 1.82 bits per heavy atom. The third kappa shape index (κ3) is 8.54. The number of sulfone groups is 1. The zero-order chi connectivity index (χ0) is 36.0. The number of anilines is 1. The number of nitrogens with zero attached hydrogens (tertiary/aromatic N) is 4. The molecule has 1 fully saturated rings. The number of hydrogen-bond acceptors (Lipinski definition) is 11. The van der Waals surface area contributed by atoms with Gasteiger partial charge in [-0.3, -0.25) is 0 Å². The number of rotatable bonds is 15. The zero-order valence-corrected chi connectivity index (χ0v) is 30.9. The van der Waals surface area contributed by atoms with Crippen molar-refractivity contribution in [3.63, 3.8) is 0 Å². The van der Waals surface area contributed by atoms with Crippen molar-refractivity contribution in [3.8, 4) is 11.5 Å². The molecule has 0 bridgehead atoms. The van der Waals surface area contributed by atoms with Crippen LogP contribution in [0.4, 0.5) is 5.69 Å². The largest absolute Gasteiger partial charge is 0.497 e. The smallest absolute Gasteiger partial charge is 0.209 e. The van der Waals surface area contributed by atoms with Gasteiger partial charge in [0.05, 0.1) is 30.3 Å². The lowest BCUT2D eigenvalue weighted by molar-refractivity contribution is -0.00746. The molecule has 1 saturated heterocycles. The molecule has 0 radical (unpaired) electrons. The summed E-state index contributed by atoms with van der Waals surface area (Å²) in [5, 5.41) is 18.6. The summed E-state index contributed by atoms with van der Waals surface area (Å²) in [4.78, 5) is 2.45. The molecule has 2 aliphatic rings. The number of nitrogens with one attached hydrogen (secondary N) is 2. The Kier molecular flexibility index (Phi) is 11.9. The van der Waals surface area contributed by atoms with Crippen LogP contribution in [0.25, 0.3) is 0 Å². The van der Waals surface area contributed by atoms with Crippen LogP contribution in [0.5, 0.6) is 11.5 Å². The van der Waals surface area contributed by atoms with Gasteiger partial charge < -0.3 is 29.2 Å². The van der Waals surface area contributed by atoms with Gasteiger partial charge in [0.2, 0.25) is 9.84 Å². The zero-order valence-electron chi connectivity index (χ0n) is 30.1. The highest BCUT2D eigenvalue weighted by atomic mass is 32.2. The van der Waals surface area contributed by atoms with Gasteiger partial charge in [-0.05, 0) is 90.1 Å². The van der Waals surface area contributed by atoms with Crippen molar-refractivity contribution in [1.29, 1.82) is 0 Å². The first kappa shape index (κ1) is 36.7. The van der Waals surface area contributed by atoms with Crippen molar-refractivity contribution in [2.24, 2.45) is 5.92 Å². The van der Waals surface area contributed by atoms with Gasteiger partial charge >= 0.3 is 0 Å². The highest BCUT2D eigenvalue weighted by Crippen LogP contribution is 2.42. The van der Waals surface area contributed by atoms with E-state index >= 15 is 0 Å². The van der Waals surface area contributed by atoms with Crippen molar-refractivity contribution < 1.29 is 27.4 Å². The molecular formula is C38H50N6O6S. The van der Waals surface area contributed by atoms with Crippen LogP contribution < -0.4 is 19.7 Å². The lowest BCUT2D eigenvalue weighted by Gasteiger charge is -2.40. The molecule has 0 spiro atoms. The molecule has 0 saturated carbocycles. The Hall–Kier alpha value is -4.04. The molecule has 1 aromatic heterocycles. The molecule has 13 heteroatoms. The highest BCUT2D eigenvalue weighted by molar-refractivity contribution is 7.91. The van der Waals surface area contributed by atoms with Crippen LogP contribution in [0.15, 0.2) is 71.6 Å². The van der Waals surface area contributed by atoms with Crippen molar-refractivity contribution in [3.05, 3.63) is 89.2 Å². The van der Waals surface area contributed by atoms with Crippen LogP contribution in [0.3, 0.4) is 0 Å². The minimum atomic E-state index is -4.00. The fraction of sp³-hybridized carbons (Fsp3) is 0.500. The van der Waals surface area contributed by atoms with E-state index in [9.17, 15) is 8.42 Å². The SMILES string of the molecule is COCCCN1CCOc2ccc(C(O[C@H]3CN[C@@H](C[C@H](c4nnn[nH]4)C(C)C)C[C@@H]3c3ccc(OC)cc3)S(=O)(=O)c3ccc(C)cc3)cc21. The number of H-pyrrole nitrogens is 1. The maximum absolute atomic E-state index is 14.7. The van der Waals surface area contributed by atoms with E-state index < -0.39 is 21.4 Å². The first-order chi connectivity index (χ1) is 24.7. The van der Waals surface area contributed by atoms with Gasteiger partial charge in [0, 0.05) is 44.7 Å². The molecule has 2 N–H and O–H groups in total. The topological polar surface area (TPSA) is 141 Å². The molecule has 3 aromatic carbocycles. The summed E-state index contributed by atoms with van der Waals surface area (Å²) in [6.45, 7) is 9.40. The fourth-order valence-electron chi connectivity index (χ4n) is 7.23. The van der Waals surface area contributed by atoms with Gasteiger partial charge in [-0.1, -0.05) is 49.7 Å². The average molecular weight is 719 g/mol. The summed E-state index contributed by atoms with van der Waals surface area (Å²) in [7, 11) is -0.657. The van der Waals surface area contributed by atoms with E-state index in [1.54, 1.807) is 26.4 Å². The van der Waals surface area contributed by atoms with E-state index in [0.717, 1.165) is 59.9 Å². The number of aromatic nitrogens is 4. The van der Waals surface area contributed by atoms with Crippen LogP contribution in [0.1, 0.15) is 72.9 Å². The second-order valence-corrected chi connectivity index (χ2v) is 15.9. The molecule has 274 valence electrons. The monoisotopic (exact) mass is 718 g/mol. The molecule has 0 aliphatic carbocycles. The predicted molar refractivity (Wildman–Crippen MR) is 195 cm³/mol. The highest BCUT2D eigenvalue weighted by Gasteiger charge is 2.40. The van der Waals surface area contributed by atoms with Gasteiger partial charge in [0.1, 0.15) is 18.1 Å². The Labute approximate surface area is 301 Å². The number of benzene rings is 3. The summed E-state index contributed by atoms with van der Waals surface area (Å²) in [5.74, 6) is 2.57. The molecule has 3 heterocycles. The number of piperidine rings is 1. The van der Waals surface area contributed by atoms with E-state index in [0.29, 0.717) is 37.8 Å².